The normalized spacial score (nSPS) is 7.91. The maximum atomic E-state index is 11.3. The SMILES string of the molecule is O=C(F)CC(=O)OB(O)O.[LiH]. The molecule has 0 aliphatic carbocycles. The second kappa shape index (κ2) is 6.37. The van der Waals surface area contributed by atoms with Crippen LogP contribution in [-0.2, 0) is 14.2 Å². The average molecular weight is 158 g/mol. The van der Waals surface area contributed by atoms with Gasteiger partial charge < -0.3 is 14.7 Å². The Balaban J connectivity index is 0. The molecule has 0 aromatic rings. The van der Waals surface area contributed by atoms with Gasteiger partial charge in [0.1, 0.15) is 6.42 Å². The van der Waals surface area contributed by atoms with Crippen molar-refractivity contribution in [1.29, 1.82) is 0 Å². The van der Waals surface area contributed by atoms with E-state index in [9.17, 15) is 14.0 Å². The Morgan fingerprint density at radius 2 is 1.91 bits per heavy atom. The number of hydrogen-bond donors (Lipinski definition) is 2. The summed E-state index contributed by atoms with van der Waals surface area (Å²) in [5.41, 5.74) is 0. The topological polar surface area (TPSA) is 83.8 Å². The molecule has 0 aliphatic rings. The zero-order valence-electron chi connectivity index (χ0n) is 4.78. The first kappa shape index (κ1) is 13.3. The van der Waals surface area contributed by atoms with E-state index in [-0.39, 0.29) is 18.9 Å². The third-order valence-corrected chi connectivity index (χ3v) is 0.520. The van der Waals surface area contributed by atoms with Crippen LogP contribution in [0.15, 0.2) is 0 Å². The van der Waals surface area contributed by atoms with Crippen molar-refractivity contribution in [3.05, 3.63) is 0 Å². The first-order chi connectivity index (χ1) is 4.52. The van der Waals surface area contributed by atoms with E-state index < -0.39 is 25.7 Å². The predicted molar refractivity (Wildman–Crippen MR) is 34.2 cm³/mol. The Morgan fingerprint density at radius 1 is 1.45 bits per heavy atom. The van der Waals surface area contributed by atoms with Crippen molar-refractivity contribution in [2.75, 3.05) is 0 Å². The van der Waals surface area contributed by atoms with Crippen LogP contribution in [-0.4, -0.2) is 48.2 Å². The summed E-state index contributed by atoms with van der Waals surface area (Å²) in [7, 11) is -2.30. The summed E-state index contributed by atoms with van der Waals surface area (Å²) in [6.45, 7) is 0. The number of halogens is 1. The van der Waals surface area contributed by atoms with E-state index in [4.69, 9.17) is 10.0 Å². The van der Waals surface area contributed by atoms with Crippen LogP contribution >= 0.6 is 0 Å². The fourth-order valence-corrected chi connectivity index (χ4v) is 0.273. The predicted octanol–water partition coefficient (Wildman–Crippen LogP) is -2.26. The second-order valence-electron chi connectivity index (χ2n) is 1.35. The van der Waals surface area contributed by atoms with Crippen LogP contribution in [0.2, 0.25) is 0 Å². The number of rotatable bonds is 3. The molecule has 0 unspecified atom stereocenters. The van der Waals surface area contributed by atoms with Crippen LogP contribution in [0, 0.1) is 0 Å². The standard InChI is InChI=1S/C3H4BFO5.Li.H/c5-2(6)1-3(7)10-4(8)9;;/h8-9H,1H2;;. The molecule has 0 aromatic carbocycles. The fraction of sp³-hybridized carbons (Fsp3) is 0.333. The van der Waals surface area contributed by atoms with E-state index in [2.05, 4.69) is 4.65 Å². The van der Waals surface area contributed by atoms with Gasteiger partial charge in [0.2, 0.25) is 0 Å². The minimum absolute atomic E-state index is 0. The van der Waals surface area contributed by atoms with Crippen molar-refractivity contribution < 1.29 is 28.7 Å². The van der Waals surface area contributed by atoms with Crippen molar-refractivity contribution >= 4 is 38.2 Å². The zero-order valence-corrected chi connectivity index (χ0v) is 4.78. The molecule has 0 radical (unpaired) electrons. The fourth-order valence-electron chi connectivity index (χ4n) is 0.273. The molecule has 8 heteroatoms. The first-order valence-electron chi connectivity index (χ1n) is 2.26. The van der Waals surface area contributed by atoms with Gasteiger partial charge in [-0.05, 0) is 0 Å². The molecule has 0 fully saturated rings. The van der Waals surface area contributed by atoms with Gasteiger partial charge in [0, 0.05) is 0 Å². The van der Waals surface area contributed by atoms with Gasteiger partial charge in [-0.15, -0.1) is 0 Å². The monoisotopic (exact) mass is 158 g/mol. The molecule has 5 nitrogen and oxygen atoms in total. The van der Waals surface area contributed by atoms with Crippen LogP contribution in [0.3, 0.4) is 0 Å². The van der Waals surface area contributed by atoms with E-state index in [0.29, 0.717) is 0 Å². The van der Waals surface area contributed by atoms with E-state index in [1.165, 1.54) is 0 Å². The van der Waals surface area contributed by atoms with E-state index >= 15 is 0 Å². The van der Waals surface area contributed by atoms with Crippen molar-refractivity contribution in [3.8, 4) is 0 Å². The van der Waals surface area contributed by atoms with E-state index in [1.54, 1.807) is 0 Å². The molecule has 0 spiro atoms. The Labute approximate surface area is 73.9 Å². The van der Waals surface area contributed by atoms with Gasteiger partial charge in [-0.1, -0.05) is 0 Å². The molecule has 0 saturated heterocycles. The Kier molecular flexibility index (Phi) is 7.67. The van der Waals surface area contributed by atoms with Crippen molar-refractivity contribution in [2.24, 2.45) is 0 Å². The van der Waals surface area contributed by atoms with Gasteiger partial charge in [0.25, 0.3) is 0 Å². The third kappa shape index (κ3) is 9.65. The number of carbonyl (C=O) groups is 2. The van der Waals surface area contributed by atoms with Crippen LogP contribution in [0.4, 0.5) is 4.39 Å². The average Bonchev–Trinajstić information content (AvgIpc) is 1.58. The van der Waals surface area contributed by atoms with E-state index in [0.717, 1.165) is 0 Å². The van der Waals surface area contributed by atoms with Crippen LogP contribution in [0.5, 0.6) is 0 Å². The molecule has 2 N–H and O–H groups in total. The van der Waals surface area contributed by atoms with Gasteiger partial charge in [0.15, 0.2) is 0 Å². The third-order valence-electron chi connectivity index (χ3n) is 0.520. The van der Waals surface area contributed by atoms with Gasteiger partial charge >= 0.3 is 38.2 Å². The van der Waals surface area contributed by atoms with Crippen molar-refractivity contribution in [2.45, 2.75) is 6.42 Å². The van der Waals surface area contributed by atoms with Crippen LogP contribution < -0.4 is 0 Å². The van der Waals surface area contributed by atoms with Gasteiger partial charge in [-0.3, -0.25) is 9.59 Å². The molecule has 11 heavy (non-hydrogen) atoms. The Hall–Kier alpha value is -0.348. The summed E-state index contributed by atoms with van der Waals surface area (Å²) in [5, 5.41) is 15.8. The summed E-state index contributed by atoms with van der Waals surface area (Å²) in [6.07, 6.45) is -1.10. The second-order valence-corrected chi connectivity index (χ2v) is 1.35. The van der Waals surface area contributed by atoms with Crippen LogP contribution in [0.25, 0.3) is 0 Å². The summed E-state index contributed by atoms with van der Waals surface area (Å²) < 4.78 is 14.9. The molecule has 0 heterocycles. The molecule has 0 rings (SSSR count). The summed E-state index contributed by atoms with van der Waals surface area (Å²) in [5.74, 6) is -1.32. The molecule has 0 atom stereocenters. The van der Waals surface area contributed by atoms with Gasteiger partial charge in [-0.25, -0.2) is 0 Å². The van der Waals surface area contributed by atoms with Gasteiger partial charge in [-0.2, -0.15) is 4.39 Å². The molecule has 58 valence electrons. The Bertz CT molecular complexity index is 151. The number of hydrogen-bond acceptors (Lipinski definition) is 5. The summed E-state index contributed by atoms with van der Waals surface area (Å²) in [4.78, 5) is 19.6. The molecule has 0 aromatic heterocycles. The van der Waals surface area contributed by atoms with Crippen molar-refractivity contribution in [3.63, 3.8) is 0 Å². The molecular formula is C3H5BFLiO5. The maximum absolute atomic E-state index is 11.3. The van der Waals surface area contributed by atoms with E-state index in [1.807, 2.05) is 0 Å². The summed E-state index contributed by atoms with van der Waals surface area (Å²) >= 11 is 0. The van der Waals surface area contributed by atoms with Gasteiger partial charge in [0.05, 0.1) is 0 Å². The quantitative estimate of drug-likeness (QED) is 0.275. The number of carbonyl (C=O) groups excluding carboxylic acids is 2. The summed E-state index contributed by atoms with van der Waals surface area (Å²) in [6, 6.07) is -1.88. The molecule has 0 saturated carbocycles. The van der Waals surface area contributed by atoms with Crippen molar-refractivity contribution in [1.82, 2.24) is 0 Å². The minimum atomic E-state index is -2.30. The molecular weight excluding hydrogens is 153 g/mol. The first-order valence-corrected chi connectivity index (χ1v) is 2.26. The molecule has 0 aliphatic heterocycles. The molecule has 0 amide bonds. The zero-order chi connectivity index (χ0) is 8.15. The van der Waals surface area contributed by atoms with Crippen LogP contribution in [0.1, 0.15) is 6.42 Å². The Morgan fingerprint density at radius 3 is 2.18 bits per heavy atom. The molecule has 0 bridgehead atoms.